The van der Waals surface area contributed by atoms with Crippen molar-refractivity contribution < 1.29 is 19.2 Å². The van der Waals surface area contributed by atoms with E-state index in [9.17, 15) is 20.2 Å². The van der Waals surface area contributed by atoms with E-state index in [1.165, 1.54) is 30.3 Å². The van der Waals surface area contributed by atoms with Crippen LogP contribution in [0.4, 0.5) is 11.4 Å². The average molecular weight is 472 g/mol. The fraction of sp³-hybridized carbons (Fsp3) is 0.143. The Morgan fingerprint density at radius 1 is 1.37 bits per heavy atom. The Balaban J connectivity index is 2.33. The molecule has 0 spiro atoms. The van der Waals surface area contributed by atoms with Gasteiger partial charge in [0.25, 0.3) is 11.6 Å². The standard InChI is InChI=1S/C21H18BrN3O5/c1-3-8-30-20-18(22)10-14(11-19(20)29-4-2)9-15(13-23)21(26)24-16-6-5-7-17(12-16)25(27)28/h3,5-7,9-12H,1,4,8H2,2H3,(H,24,26)/b15-9-. The maximum Gasteiger partial charge on any atom is 0.271 e. The van der Waals surface area contributed by atoms with Crippen molar-refractivity contribution in [3.63, 3.8) is 0 Å². The molecule has 1 N–H and O–H groups in total. The summed E-state index contributed by atoms with van der Waals surface area (Å²) in [5.74, 6) is 0.226. The molecule has 2 aromatic rings. The summed E-state index contributed by atoms with van der Waals surface area (Å²) in [4.78, 5) is 22.8. The number of nitriles is 1. The number of halogens is 1. The molecule has 0 bridgehead atoms. The first-order chi connectivity index (χ1) is 14.4. The summed E-state index contributed by atoms with van der Waals surface area (Å²) in [5.41, 5.74) is 0.382. The lowest BCUT2D eigenvalue weighted by molar-refractivity contribution is -0.384. The maximum atomic E-state index is 12.5. The Kier molecular flexibility index (Phi) is 8.14. The molecule has 0 radical (unpaired) electrons. The molecular formula is C21H18BrN3O5. The van der Waals surface area contributed by atoms with E-state index < -0.39 is 10.8 Å². The third-order valence-corrected chi connectivity index (χ3v) is 4.26. The molecule has 0 aliphatic heterocycles. The van der Waals surface area contributed by atoms with E-state index in [0.717, 1.165) is 0 Å². The lowest BCUT2D eigenvalue weighted by Gasteiger charge is -2.14. The van der Waals surface area contributed by atoms with Crippen LogP contribution in [0.1, 0.15) is 12.5 Å². The second-order valence-corrected chi connectivity index (χ2v) is 6.65. The second-order valence-electron chi connectivity index (χ2n) is 5.79. The minimum atomic E-state index is -0.695. The maximum absolute atomic E-state index is 12.5. The first-order valence-electron chi connectivity index (χ1n) is 8.77. The number of rotatable bonds is 9. The number of hydrogen-bond donors (Lipinski definition) is 1. The number of nitro groups is 1. The Morgan fingerprint density at radius 2 is 2.13 bits per heavy atom. The number of anilines is 1. The molecule has 0 atom stereocenters. The summed E-state index contributed by atoms with van der Waals surface area (Å²) in [6.07, 6.45) is 2.99. The molecule has 0 aliphatic carbocycles. The summed E-state index contributed by atoms with van der Waals surface area (Å²) < 4.78 is 11.8. The van der Waals surface area contributed by atoms with Gasteiger partial charge in [-0.2, -0.15) is 5.26 Å². The summed E-state index contributed by atoms with van der Waals surface area (Å²) in [6.45, 7) is 6.10. The molecule has 8 nitrogen and oxygen atoms in total. The van der Waals surface area contributed by atoms with Crippen LogP contribution < -0.4 is 14.8 Å². The van der Waals surface area contributed by atoms with E-state index in [-0.39, 0.29) is 23.6 Å². The summed E-state index contributed by atoms with van der Waals surface area (Å²) in [6, 6.07) is 10.6. The number of nitrogens with one attached hydrogen (secondary N) is 1. The van der Waals surface area contributed by atoms with E-state index in [2.05, 4.69) is 27.8 Å². The highest BCUT2D eigenvalue weighted by Crippen LogP contribution is 2.37. The molecule has 0 aliphatic rings. The van der Waals surface area contributed by atoms with Crippen LogP contribution in [0, 0.1) is 21.4 Å². The Morgan fingerprint density at radius 3 is 2.77 bits per heavy atom. The van der Waals surface area contributed by atoms with E-state index in [1.54, 1.807) is 18.2 Å². The SMILES string of the molecule is C=CCOc1c(Br)cc(/C=C(/C#N)C(=O)Nc2cccc([N+](=O)[O-])c2)cc1OCC. The zero-order valence-electron chi connectivity index (χ0n) is 16.1. The fourth-order valence-corrected chi connectivity index (χ4v) is 3.00. The lowest BCUT2D eigenvalue weighted by atomic mass is 10.1. The van der Waals surface area contributed by atoms with Gasteiger partial charge in [0.15, 0.2) is 11.5 Å². The number of amides is 1. The van der Waals surface area contributed by atoms with Gasteiger partial charge < -0.3 is 14.8 Å². The number of nitrogens with zero attached hydrogens (tertiary/aromatic N) is 2. The van der Waals surface area contributed by atoms with Crippen LogP contribution in [0.5, 0.6) is 11.5 Å². The second kappa shape index (κ2) is 10.8. The minimum absolute atomic E-state index is 0.171. The molecule has 0 heterocycles. The van der Waals surface area contributed by atoms with Gasteiger partial charge in [-0.05, 0) is 52.7 Å². The van der Waals surface area contributed by atoms with E-state index in [1.807, 2.05) is 13.0 Å². The van der Waals surface area contributed by atoms with Crippen LogP contribution in [0.25, 0.3) is 6.08 Å². The third-order valence-electron chi connectivity index (χ3n) is 3.67. The molecule has 2 rings (SSSR count). The Labute approximate surface area is 181 Å². The largest absolute Gasteiger partial charge is 0.490 e. The number of ether oxygens (including phenoxy) is 2. The van der Waals surface area contributed by atoms with Gasteiger partial charge in [0, 0.05) is 17.8 Å². The predicted molar refractivity (Wildman–Crippen MR) is 116 cm³/mol. The molecule has 0 saturated carbocycles. The molecule has 1 amide bonds. The average Bonchev–Trinajstić information content (AvgIpc) is 2.71. The van der Waals surface area contributed by atoms with Gasteiger partial charge >= 0.3 is 0 Å². The van der Waals surface area contributed by atoms with Crippen molar-refractivity contribution in [2.45, 2.75) is 6.92 Å². The number of non-ortho nitro benzene ring substituents is 1. The van der Waals surface area contributed by atoms with Gasteiger partial charge in [0.1, 0.15) is 18.2 Å². The monoisotopic (exact) mass is 471 g/mol. The Hall–Kier alpha value is -3.64. The van der Waals surface area contributed by atoms with Crippen LogP contribution in [-0.4, -0.2) is 24.0 Å². The summed E-state index contributed by atoms with van der Waals surface area (Å²) in [7, 11) is 0. The third kappa shape index (κ3) is 5.93. The fourth-order valence-electron chi connectivity index (χ4n) is 2.43. The van der Waals surface area contributed by atoms with Gasteiger partial charge in [0.05, 0.1) is 16.0 Å². The van der Waals surface area contributed by atoms with Crippen LogP contribution in [-0.2, 0) is 4.79 Å². The normalized spacial score (nSPS) is 10.6. The minimum Gasteiger partial charge on any atom is -0.490 e. The van der Waals surface area contributed by atoms with Crippen molar-refractivity contribution in [3.05, 3.63) is 74.8 Å². The highest BCUT2D eigenvalue weighted by atomic mass is 79.9. The molecule has 0 saturated heterocycles. The number of carbonyl (C=O) groups is 1. The molecule has 154 valence electrons. The highest BCUT2D eigenvalue weighted by Gasteiger charge is 2.15. The van der Waals surface area contributed by atoms with Crippen molar-refractivity contribution in [1.82, 2.24) is 0 Å². The molecule has 0 aromatic heterocycles. The zero-order chi connectivity index (χ0) is 22.1. The van der Waals surface area contributed by atoms with Crippen LogP contribution >= 0.6 is 15.9 Å². The van der Waals surface area contributed by atoms with Crippen LogP contribution in [0.3, 0.4) is 0 Å². The smallest absolute Gasteiger partial charge is 0.271 e. The molecule has 9 heteroatoms. The number of carbonyl (C=O) groups excluding carboxylic acids is 1. The van der Waals surface area contributed by atoms with Crippen molar-refractivity contribution in [2.75, 3.05) is 18.5 Å². The Bertz CT molecular complexity index is 1040. The van der Waals surface area contributed by atoms with Crippen molar-refractivity contribution >= 4 is 39.3 Å². The first-order valence-corrected chi connectivity index (χ1v) is 9.56. The predicted octanol–water partition coefficient (Wildman–Crippen LogP) is 4.87. The van der Waals surface area contributed by atoms with Crippen molar-refractivity contribution in [3.8, 4) is 17.6 Å². The van der Waals surface area contributed by atoms with E-state index in [4.69, 9.17) is 9.47 Å². The van der Waals surface area contributed by atoms with Crippen LogP contribution in [0.2, 0.25) is 0 Å². The van der Waals surface area contributed by atoms with Gasteiger partial charge in [-0.25, -0.2) is 0 Å². The summed E-state index contributed by atoms with van der Waals surface area (Å²) in [5, 5.41) is 22.8. The highest BCUT2D eigenvalue weighted by molar-refractivity contribution is 9.10. The molecule has 2 aromatic carbocycles. The quantitative estimate of drug-likeness (QED) is 0.183. The zero-order valence-corrected chi connectivity index (χ0v) is 17.6. The number of benzene rings is 2. The number of hydrogen-bond acceptors (Lipinski definition) is 6. The molecule has 30 heavy (non-hydrogen) atoms. The van der Waals surface area contributed by atoms with Crippen LogP contribution in [0.15, 0.2) is 59.1 Å². The summed E-state index contributed by atoms with van der Waals surface area (Å²) >= 11 is 3.41. The molecule has 0 fully saturated rings. The van der Waals surface area contributed by atoms with Gasteiger partial charge in [-0.3, -0.25) is 14.9 Å². The van der Waals surface area contributed by atoms with E-state index in [0.29, 0.717) is 28.1 Å². The van der Waals surface area contributed by atoms with Gasteiger partial charge in [0.2, 0.25) is 0 Å². The van der Waals surface area contributed by atoms with Gasteiger partial charge in [-0.1, -0.05) is 18.7 Å². The van der Waals surface area contributed by atoms with Crippen molar-refractivity contribution in [2.24, 2.45) is 0 Å². The van der Waals surface area contributed by atoms with E-state index >= 15 is 0 Å². The van der Waals surface area contributed by atoms with Gasteiger partial charge in [-0.15, -0.1) is 0 Å². The lowest BCUT2D eigenvalue weighted by Crippen LogP contribution is -2.13. The topological polar surface area (TPSA) is 114 Å². The first kappa shape index (κ1) is 22.6. The van der Waals surface area contributed by atoms with Crippen molar-refractivity contribution in [1.29, 1.82) is 5.26 Å². The molecular weight excluding hydrogens is 454 g/mol. The molecule has 0 unspecified atom stereocenters. The number of nitro benzene ring substituents is 1.